The van der Waals surface area contributed by atoms with Crippen LogP contribution in [0.25, 0.3) is 22.4 Å². The van der Waals surface area contributed by atoms with E-state index in [-0.39, 0.29) is 5.88 Å². The number of aromatic nitrogens is 1. The van der Waals surface area contributed by atoms with E-state index in [1.165, 1.54) is 0 Å². The lowest BCUT2D eigenvalue weighted by molar-refractivity contribution is 0.457. The molecule has 2 nitrogen and oxygen atoms in total. The maximum atomic E-state index is 9.70. The Morgan fingerprint density at radius 2 is 1.28 bits per heavy atom. The van der Waals surface area contributed by atoms with Crippen molar-refractivity contribution < 1.29 is 5.11 Å². The van der Waals surface area contributed by atoms with Crippen LogP contribution in [0.5, 0.6) is 5.88 Å². The van der Waals surface area contributed by atoms with Crippen molar-refractivity contribution in [3.05, 3.63) is 66.7 Å². The summed E-state index contributed by atoms with van der Waals surface area (Å²) in [7, 11) is 0. The first-order valence-corrected chi connectivity index (χ1v) is 5.87. The number of nitrogens with one attached hydrogen (secondary N) is 1. The molecule has 18 heavy (non-hydrogen) atoms. The smallest absolute Gasteiger partial charge is 0.189 e. The Labute approximate surface area is 106 Å². The van der Waals surface area contributed by atoms with Gasteiger partial charge in [0.1, 0.15) is 0 Å². The number of rotatable bonds is 2. The molecule has 0 aliphatic heterocycles. The third-order valence-corrected chi connectivity index (χ3v) is 2.95. The van der Waals surface area contributed by atoms with Crippen molar-refractivity contribution in [2.75, 3.05) is 0 Å². The Hall–Kier alpha value is -2.48. The van der Waals surface area contributed by atoms with Crippen molar-refractivity contribution >= 4 is 0 Å². The third-order valence-electron chi connectivity index (χ3n) is 2.95. The molecule has 0 saturated carbocycles. The van der Waals surface area contributed by atoms with Crippen LogP contribution >= 0.6 is 0 Å². The SMILES string of the molecule is Oc1cc(-c2ccccc2)c(-c2ccccc2)[nH]1. The second-order valence-corrected chi connectivity index (χ2v) is 4.18. The van der Waals surface area contributed by atoms with Crippen LogP contribution in [-0.2, 0) is 0 Å². The Morgan fingerprint density at radius 3 is 1.89 bits per heavy atom. The van der Waals surface area contributed by atoms with Gasteiger partial charge in [-0.1, -0.05) is 60.7 Å². The second kappa shape index (κ2) is 4.41. The van der Waals surface area contributed by atoms with E-state index in [4.69, 9.17) is 0 Å². The van der Waals surface area contributed by atoms with Crippen LogP contribution in [0.3, 0.4) is 0 Å². The predicted molar refractivity (Wildman–Crippen MR) is 73.3 cm³/mol. The molecule has 1 heterocycles. The molecule has 2 aromatic carbocycles. The number of aromatic hydroxyl groups is 1. The van der Waals surface area contributed by atoms with Crippen molar-refractivity contribution in [1.82, 2.24) is 4.98 Å². The summed E-state index contributed by atoms with van der Waals surface area (Å²) >= 11 is 0. The Kier molecular flexibility index (Phi) is 2.61. The molecule has 88 valence electrons. The summed E-state index contributed by atoms with van der Waals surface area (Å²) in [5.74, 6) is 0.188. The zero-order valence-corrected chi connectivity index (χ0v) is 9.80. The first-order chi connectivity index (χ1) is 8.84. The van der Waals surface area contributed by atoms with Crippen molar-refractivity contribution in [3.8, 4) is 28.3 Å². The number of hydrogen-bond donors (Lipinski definition) is 2. The molecule has 0 atom stereocenters. The lowest BCUT2D eigenvalue weighted by atomic mass is 10.0. The molecule has 1 aromatic heterocycles. The normalized spacial score (nSPS) is 10.4. The minimum atomic E-state index is 0.188. The van der Waals surface area contributed by atoms with Gasteiger partial charge in [-0.05, 0) is 11.1 Å². The molecule has 0 unspecified atom stereocenters. The Bertz CT molecular complexity index is 584. The zero-order valence-electron chi connectivity index (χ0n) is 9.80. The van der Waals surface area contributed by atoms with Gasteiger partial charge in [0.2, 0.25) is 0 Å². The van der Waals surface area contributed by atoms with Crippen LogP contribution in [0, 0.1) is 0 Å². The highest BCUT2D eigenvalue weighted by Gasteiger charge is 2.10. The largest absolute Gasteiger partial charge is 0.495 e. The average molecular weight is 235 g/mol. The first-order valence-electron chi connectivity index (χ1n) is 5.87. The molecule has 0 radical (unpaired) electrons. The summed E-state index contributed by atoms with van der Waals surface area (Å²) in [5, 5.41) is 9.70. The van der Waals surface area contributed by atoms with Crippen LogP contribution in [0.1, 0.15) is 0 Å². The minimum absolute atomic E-state index is 0.188. The van der Waals surface area contributed by atoms with Gasteiger partial charge in [-0.3, -0.25) is 0 Å². The molecule has 0 aliphatic carbocycles. The maximum absolute atomic E-state index is 9.70. The van der Waals surface area contributed by atoms with Gasteiger partial charge in [-0.15, -0.1) is 0 Å². The van der Waals surface area contributed by atoms with Gasteiger partial charge in [-0.2, -0.15) is 0 Å². The highest BCUT2D eigenvalue weighted by atomic mass is 16.3. The lowest BCUT2D eigenvalue weighted by Crippen LogP contribution is -1.81. The molecule has 2 N–H and O–H groups in total. The summed E-state index contributed by atoms with van der Waals surface area (Å²) in [4.78, 5) is 3.01. The van der Waals surface area contributed by atoms with Gasteiger partial charge in [0.05, 0.1) is 5.69 Å². The standard InChI is InChI=1S/C16H13NO/c18-15-11-14(12-7-3-1-4-8-12)16(17-15)13-9-5-2-6-10-13/h1-11,17-18H. The summed E-state index contributed by atoms with van der Waals surface area (Å²) in [6.45, 7) is 0. The van der Waals surface area contributed by atoms with Crippen molar-refractivity contribution in [3.63, 3.8) is 0 Å². The van der Waals surface area contributed by atoms with Gasteiger partial charge in [0, 0.05) is 11.6 Å². The van der Waals surface area contributed by atoms with Crippen LogP contribution in [0.15, 0.2) is 66.7 Å². The van der Waals surface area contributed by atoms with Crippen molar-refractivity contribution in [1.29, 1.82) is 0 Å². The van der Waals surface area contributed by atoms with E-state index in [1.54, 1.807) is 6.07 Å². The highest BCUT2D eigenvalue weighted by Crippen LogP contribution is 2.34. The number of aromatic amines is 1. The summed E-state index contributed by atoms with van der Waals surface area (Å²) < 4.78 is 0. The summed E-state index contributed by atoms with van der Waals surface area (Å²) in [5.41, 5.74) is 4.11. The van der Waals surface area contributed by atoms with Gasteiger partial charge in [0.15, 0.2) is 5.88 Å². The molecule has 0 amide bonds. The van der Waals surface area contributed by atoms with E-state index < -0.39 is 0 Å². The predicted octanol–water partition coefficient (Wildman–Crippen LogP) is 4.05. The van der Waals surface area contributed by atoms with Gasteiger partial charge >= 0.3 is 0 Å². The second-order valence-electron chi connectivity index (χ2n) is 4.18. The molecule has 0 fully saturated rings. The first kappa shape index (κ1) is 10.7. The van der Waals surface area contributed by atoms with E-state index in [1.807, 2.05) is 60.7 Å². The fourth-order valence-electron chi connectivity index (χ4n) is 2.12. The summed E-state index contributed by atoms with van der Waals surface area (Å²) in [6, 6.07) is 21.8. The maximum Gasteiger partial charge on any atom is 0.189 e. The lowest BCUT2D eigenvalue weighted by Gasteiger charge is -2.04. The molecule has 2 heteroatoms. The van der Waals surface area contributed by atoms with Crippen molar-refractivity contribution in [2.45, 2.75) is 0 Å². The van der Waals surface area contributed by atoms with E-state index in [2.05, 4.69) is 4.98 Å². The summed E-state index contributed by atoms with van der Waals surface area (Å²) in [6.07, 6.45) is 0. The van der Waals surface area contributed by atoms with E-state index in [0.29, 0.717) is 0 Å². The van der Waals surface area contributed by atoms with E-state index in [0.717, 1.165) is 22.4 Å². The topological polar surface area (TPSA) is 36.0 Å². The van der Waals surface area contributed by atoms with Crippen LogP contribution in [-0.4, -0.2) is 10.1 Å². The fraction of sp³-hybridized carbons (Fsp3) is 0. The van der Waals surface area contributed by atoms with Gasteiger partial charge in [0.25, 0.3) is 0 Å². The van der Waals surface area contributed by atoms with Crippen LogP contribution < -0.4 is 0 Å². The molecular weight excluding hydrogens is 222 g/mol. The molecule has 3 aromatic rings. The van der Waals surface area contributed by atoms with Crippen LogP contribution in [0.4, 0.5) is 0 Å². The van der Waals surface area contributed by atoms with Crippen LogP contribution in [0.2, 0.25) is 0 Å². The molecule has 0 saturated heterocycles. The number of benzene rings is 2. The molecule has 0 spiro atoms. The third kappa shape index (κ3) is 1.89. The molecule has 0 bridgehead atoms. The van der Waals surface area contributed by atoms with E-state index >= 15 is 0 Å². The Balaban J connectivity index is 2.17. The van der Waals surface area contributed by atoms with Gasteiger partial charge in [-0.25, -0.2) is 0 Å². The average Bonchev–Trinajstić information content (AvgIpc) is 2.83. The number of H-pyrrole nitrogens is 1. The minimum Gasteiger partial charge on any atom is -0.495 e. The Morgan fingerprint density at radius 1 is 0.722 bits per heavy atom. The molecule has 3 rings (SSSR count). The fourth-order valence-corrected chi connectivity index (χ4v) is 2.12. The van der Waals surface area contributed by atoms with Crippen molar-refractivity contribution in [2.24, 2.45) is 0 Å². The molecule has 0 aliphatic rings. The van der Waals surface area contributed by atoms with Gasteiger partial charge < -0.3 is 10.1 Å². The highest BCUT2D eigenvalue weighted by molar-refractivity contribution is 5.82. The molecular formula is C16H13NO. The quantitative estimate of drug-likeness (QED) is 0.690. The monoisotopic (exact) mass is 235 g/mol. The van der Waals surface area contributed by atoms with E-state index in [9.17, 15) is 5.11 Å². The zero-order chi connectivity index (χ0) is 12.4. The number of hydrogen-bond acceptors (Lipinski definition) is 1.